The third-order valence-electron chi connectivity index (χ3n) is 4.71. The van der Waals surface area contributed by atoms with Crippen LogP contribution in [0.15, 0.2) is 17.2 Å². The van der Waals surface area contributed by atoms with Crippen LogP contribution in [-0.4, -0.2) is 60.8 Å². The van der Waals surface area contributed by atoms with Crippen LogP contribution in [0.4, 0.5) is 0 Å². The molecule has 11 heteroatoms. The largest absolute Gasteiger partial charge is 0.465 e. The molecular weight excluding hydrogens is 370 g/mol. The first-order valence-electron chi connectivity index (χ1n) is 8.66. The summed E-state index contributed by atoms with van der Waals surface area (Å²) < 4.78 is 8.44. The summed E-state index contributed by atoms with van der Waals surface area (Å²) in [5.74, 6) is 0.103. The number of methoxy groups -OCH3 is 1. The zero-order chi connectivity index (χ0) is 19.0. The van der Waals surface area contributed by atoms with Gasteiger partial charge in [0.15, 0.2) is 5.82 Å². The van der Waals surface area contributed by atoms with E-state index < -0.39 is 11.5 Å². The number of esters is 1. The maximum atomic E-state index is 12.2. The number of fused-ring (bicyclic) bond motifs is 1. The molecule has 0 aromatic carbocycles. The smallest absolute Gasteiger partial charge is 0.341 e. The van der Waals surface area contributed by atoms with Crippen molar-refractivity contribution in [3.05, 3.63) is 38.9 Å². The van der Waals surface area contributed by atoms with Crippen LogP contribution in [-0.2, 0) is 11.3 Å². The number of carbonyl (C=O) groups is 1. The standard InChI is InChI=1S/C16H19N7O3S/c1-26-15(25)11-8-22(7-10-13(11)18-19-14(10)24)23-12(17-20-16(23)27)9-21-5-3-2-4-6-21/h7-8H,2-6,9H2,1H3,(H,19,24)(H,20,27). The number of carbonyl (C=O) groups excluding carboxylic acids is 1. The number of hydrogen-bond donors (Lipinski definition) is 2. The number of likely N-dealkylation sites (tertiary alicyclic amines) is 1. The number of pyridine rings is 1. The molecule has 0 amide bonds. The Balaban J connectivity index is 1.83. The van der Waals surface area contributed by atoms with Gasteiger partial charge in [0.2, 0.25) is 4.77 Å². The van der Waals surface area contributed by atoms with Crippen molar-refractivity contribution in [1.82, 2.24) is 34.6 Å². The van der Waals surface area contributed by atoms with E-state index >= 15 is 0 Å². The van der Waals surface area contributed by atoms with E-state index in [1.54, 1.807) is 21.7 Å². The highest BCUT2D eigenvalue weighted by Gasteiger charge is 2.23. The van der Waals surface area contributed by atoms with E-state index in [-0.39, 0.29) is 16.8 Å². The average molecular weight is 389 g/mol. The van der Waals surface area contributed by atoms with Crippen molar-refractivity contribution in [2.75, 3.05) is 20.2 Å². The molecule has 4 heterocycles. The summed E-state index contributed by atoms with van der Waals surface area (Å²) in [7, 11) is 1.28. The van der Waals surface area contributed by atoms with Gasteiger partial charge in [0.05, 0.1) is 19.2 Å². The predicted octanol–water partition coefficient (Wildman–Crippen LogP) is 1.01. The van der Waals surface area contributed by atoms with E-state index in [1.807, 2.05) is 0 Å². The fourth-order valence-corrected chi connectivity index (χ4v) is 3.63. The van der Waals surface area contributed by atoms with Gasteiger partial charge in [-0.1, -0.05) is 6.42 Å². The van der Waals surface area contributed by atoms with Gasteiger partial charge in [-0.3, -0.25) is 19.5 Å². The lowest BCUT2D eigenvalue weighted by molar-refractivity contribution is 0.0600. The van der Waals surface area contributed by atoms with Crippen LogP contribution in [0.1, 0.15) is 35.4 Å². The van der Waals surface area contributed by atoms with Crippen LogP contribution in [0.25, 0.3) is 11.3 Å². The van der Waals surface area contributed by atoms with Crippen LogP contribution in [0.2, 0.25) is 0 Å². The summed E-state index contributed by atoms with van der Waals surface area (Å²) in [5.41, 5.74) is 0.304. The Morgan fingerprint density at radius 3 is 2.74 bits per heavy atom. The normalized spacial score (nSPS) is 15.3. The Bertz CT molecular complexity index is 1060. The quantitative estimate of drug-likeness (QED) is 0.506. The number of aromatic nitrogens is 6. The molecular formula is C16H19N7O3S. The summed E-state index contributed by atoms with van der Waals surface area (Å²) in [5, 5.41) is 13.4. The first-order valence-corrected chi connectivity index (χ1v) is 9.07. The Labute approximate surface area is 159 Å². The number of nitrogens with one attached hydrogen (secondary N) is 2. The average Bonchev–Trinajstić information content (AvgIpc) is 3.24. The van der Waals surface area contributed by atoms with Gasteiger partial charge in [0.1, 0.15) is 11.3 Å². The lowest BCUT2D eigenvalue weighted by Gasteiger charge is -2.26. The highest BCUT2D eigenvalue weighted by atomic mass is 32.1. The number of rotatable bonds is 4. The maximum Gasteiger partial charge on any atom is 0.341 e. The molecule has 1 saturated heterocycles. The molecule has 2 N–H and O–H groups in total. The van der Waals surface area contributed by atoms with Gasteiger partial charge >= 0.3 is 5.97 Å². The van der Waals surface area contributed by atoms with Gasteiger partial charge in [-0.05, 0) is 38.1 Å². The molecule has 0 saturated carbocycles. The molecule has 3 aliphatic rings. The van der Waals surface area contributed by atoms with Gasteiger partial charge in [0.25, 0.3) is 5.56 Å². The van der Waals surface area contributed by atoms with Crippen molar-refractivity contribution >= 4 is 18.2 Å². The number of ether oxygens (including phenoxy) is 1. The van der Waals surface area contributed by atoms with Crippen LogP contribution in [0, 0.1) is 4.77 Å². The van der Waals surface area contributed by atoms with E-state index in [1.165, 1.54) is 13.5 Å². The summed E-state index contributed by atoms with van der Waals surface area (Å²) in [6, 6.07) is 0. The van der Waals surface area contributed by atoms with E-state index in [4.69, 9.17) is 17.0 Å². The highest BCUT2D eigenvalue weighted by Crippen LogP contribution is 2.21. The number of aromatic amines is 2. The molecule has 0 aliphatic carbocycles. The van der Waals surface area contributed by atoms with Gasteiger partial charge in [-0.2, -0.15) is 10.2 Å². The Hall–Kier alpha value is -2.79. The molecule has 0 bridgehead atoms. The lowest BCUT2D eigenvalue weighted by Crippen LogP contribution is -2.31. The summed E-state index contributed by atoms with van der Waals surface area (Å²) in [4.78, 5) is 26.6. The molecule has 10 nitrogen and oxygen atoms in total. The highest BCUT2D eigenvalue weighted by molar-refractivity contribution is 7.71. The van der Waals surface area contributed by atoms with Crippen molar-refractivity contribution in [1.29, 1.82) is 0 Å². The minimum absolute atomic E-state index is 0.167. The number of piperidine rings is 1. The summed E-state index contributed by atoms with van der Waals surface area (Å²) in [6.45, 7) is 2.62. The SMILES string of the molecule is COC(=O)c1cn(-n2c(CN3CCCCC3)n[nH]c2=S)cc2c(=O)[nH]nc1-2. The van der Waals surface area contributed by atoms with Crippen molar-refractivity contribution in [3.8, 4) is 11.3 Å². The molecule has 0 unspecified atom stereocenters. The second-order valence-electron chi connectivity index (χ2n) is 6.45. The molecule has 3 aliphatic heterocycles. The molecule has 0 atom stereocenters. The van der Waals surface area contributed by atoms with E-state index in [9.17, 15) is 9.59 Å². The van der Waals surface area contributed by atoms with Crippen molar-refractivity contribution in [3.63, 3.8) is 0 Å². The zero-order valence-electron chi connectivity index (χ0n) is 14.8. The third-order valence-corrected chi connectivity index (χ3v) is 4.98. The van der Waals surface area contributed by atoms with Gasteiger partial charge < -0.3 is 4.74 Å². The molecule has 142 valence electrons. The number of nitrogens with zero attached hydrogens (tertiary/aromatic N) is 5. The molecule has 0 spiro atoms. The van der Waals surface area contributed by atoms with Gasteiger partial charge in [-0.15, -0.1) is 0 Å². The lowest BCUT2D eigenvalue weighted by atomic mass is 10.1. The Morgan fingerprint density at radius 2 is 2.00 bits per heavy atom. The van der Waals surface area contributed by atoms with Gasteiger partial charge in [-0.25, -0.2) is 14.6 Å². The molecule has 1 aromatic heterocycles. The van der Waals surface area contributed by atoms with Gasteiger partial charge in [0, 0.05) is 12.4 Å². The van der Waals surface area contributed by atoms with Crippen molar-refractivity contribution in [2.45, 2.75) is 25.8 Å². The topological polar surface area (TPSA) is 114 Å². The first kappa shape index (κ1) is 17.6. The Kier molecular flexibility index (Phi) is 4.62. The van der Waals surface area contributed by atoms with Crippen molar-refractivity contribution in [2.24, 2.45) is 0 Å². The summed E-state index contributed by atoms with van der Waals surface area (Å²) in [6.07, 6.45) is 6.68. The Morgan fingerprint density at radius 1 is 1.22 bits per heavy atom. The number of H-pyrrole nitrogens is 2. The van der Waals surface area contributed by atoms with Crippen LogP contribution < -0.4 is 5.56 Å². The number of hydrogen-bond acceptors (Lipinski definition) is 7. The summed E-state index contributed by atoms with van der Waals surface area (Å²) >= 11 is 5.38. The van der Waals surface area contributed by atoms with E-state index in [0.717, 1.165) is 25.9 Å². The van der Waals surface area contributed by atoms with E-state index in [2.05, 4.69) is 25.3 Å². The zero-order valence-corrected chi connectivity index (χ0v) is 15.6. The maximum absolute atomic E-state index is 12.2. The molecule has 0 radical (unpaired) electrons. The fourth-order valence-electron chi connectivity index (χ4n) is 3.38. The minimum atomic E-state index is -0.589. The predicted molar refractivity (Wildman–Crippen MR) is 98.1 cm³/mol. The second kappa shape index (κ2) is 7.08. The minimum Gasteiger partial charge on any atom is -0.465 e. The monoisotopic (exact) mass is 389 g/mol. The van der Waals surface area contributed by atoms with E-state index in [0.29, 0.717) is 17.1 Å². The van der Waals surface area contributed by atoms with Crippen LogP contribution in [0.3, 0.4) is 0 Å². The third kappa shape index (κ3) is 3.19. The van der Waals surface area contributed by atoms with Crippen molar-refractivity contribution < 1.29 is 9.53 Å². The molecule has 1 fully saturated rings. The second-order valence-corrected chi connectivity index (χ2v) is 6.84. The molecule has 4 rings (SSSR count). The molecule has 1 aromatic rings. The first-order chi connectivity index (χ1) is 13.1. The van der Waals surface area contributed by atoms with Crippen LogP contribution >= 0.6 is 12.2 Å². The molecule has 27 heavy (non-hydrogen) atoms. The van der Waals surface area contributed by atoms with Crippen LogP contribution in [0.5, 0.6) is 0 Å². The fraction of sp³-hybridized carbons (Fsp3) is 0.438.